The minimum Gasteiger partial charge on any atom is -0.507 e. The van der Waals surface area contributed by atoms with Crippen molar-refractivity contribution in [3.63, 3.8) is 0 Å². The zero-order valence-electron chi connectivity index (χ0n) is 17.9. The first kappa shape index (κ1) is 21.3. The Hall–Kier alpha value is -3.93. The fourth-order valence-electron chi connectivity index (χ4n) is 4.01. The van der Waals surface area contributed by atoms with E-state index in [1.54, 1.807) is 31.2 Å². The monoisotopic (exact) mass is 431 g/mol. The van der Waals surface area contributed by atoms with Crippen molar-refractivity contribution >= 4 is 23.1 Å². The highest BCUT2D eigenvalue weighted by molar-refractivity contribution is 6.51. The van der Waals surface area contributed by atoms with Gasteiger partial charge in [-0.25, -0.2) is 4.39 Å². The quantitative estimate of drug-likeness (QED) is 0.344. The number of aliphatic hydroxyl groups is 1. The summed E-state index contributed by atoms with van der Waals surface area (Å²) in [5, 5.41) is 21.6. The predicted octanol–water partition coefficient (Wildman–Crippen LogP) is 5.08. The van der Waals surface area contributed by atoms with Crippen LogP contribution in [0.25, 0.3) is 5.76 Å². The lowest BCUT2D eigenvalue weighted by molar-refractivity contribution is -0.132. The predicted molar refractivity (Wildman–Crippen MR) is 120 cm³/mol. The lowest BCUT2D eigenvalue weighted by Crippen LogP contribution is -2.29. The molecule has 162 valence electrons. The van der Waals surface area contributed by atoms with Gasteiger partial charge in [0, 0.05) is 5.56 Å². The molecule has 0 aliphatic carbocycles. The summed E-state index contributed by atoms with van der Waals surface area (Å²) in [7, 11) is 0. The second-order valence-electron chi connectivity index (χ2n) is 8.04. The van der Waals surface area contributed by atoms with Crippen molar-refractivity contribution in [3.8, 4) is 5.75 Å². The average molecular weight is 431 g/mol. The molecule has 1 fully saturated rings. The Morgan fingerprint density at radius 1 is 0.938 bits per heavy atom. The molecule has 1 aliphatic rings. The van der Waals surface area contributed by atoms with Crippen LogP contribution in [-0.2, 0) is 9.59 Å². The van der Waals surface area contributed by atoms with Gasteiger partial charge in [-0.2, -0.15) is 0 Å². The number of hydrogen-bond donors (Lipinski definition) is 2. The lowest BCUT2D eigenvalue weighted by Gasteiger charge is -2.26. The number of carbonyl (C=O) groups excluding carboxylic acids is 2. The Kier molecular flexibility index (Phi) is 5.30. The highest BCUT2D eigenvalue weighted by Gasteiger charge is 2.47. The van der Waals surface area contributed by atoms with E-state index in [1.807, 2.05) is 26.0 Å². The van der Waals surface area contributed by atoms with Gasteiger partial charge < -0.3 is 10.2 Å². The van der Waals surface area contributed by atoms with E-state index in [-0.39, 0.29) is 22.6 Å². The van der Waals surface area contributed by atoms with Crippen molar-refractivity contribution in [2.24, 2.45) is 0 Å². The Morgan fingerprint density at radius 3 is 2.34 bits per heavy atom. The molecule has 1 heterocycles. The van der Waals surface area contributed by atoms with E-state index in [9.17, 15) is 24.2 Å². The van der Waals surface area contributed by atoms with Crippen LogP contribution < -0.4 is 4.90 Å². The molecule has 1 aliphatic heterocycles. The molecule has 1 saturated heterocycles. The van der Waals surface area contributed by atoms with Gasteiger partial charge in [0.1, 0.15) is 17.3 Å². The van der Waals surface area contributed by atoms with Gasteiger partial charge in [0.2, 0.25) is 0 Å². The van der Waals surface area contributed by atoms with Crippen molar-refractivity contribution in [1.82, 2.24) is 0 Å². The number of phenolic OH excluding ortho intramolecular Hbond substituents is 1. The number of ketones is 1. The number of aromatic hydroxyl groups is 1. The molecule has 5 nitrogen and oxygen atoms in total. The number of benzene rings is 3. The lowest BCUT2D eigenvalue weighted by atomic mass is 9.93. The molecule has 6 heteroatoms. The van der Waals surface area contributed by atoms with Crippen molar-refractivity contribution in [3.05, 3.63) is 99.9 Å². The summed E-state index contributed by atoms with van der Waals surface area (Å²) < 4.78 is 13.8. The number of aryl methyl sites for hydroxylation is 3. The maximum Gasteiger partial charge on any atom is 0.300 e. The third-order valence-electron chi connectivity index (χ3n) is 5.62. The number of hydrogen-bond acceptors (Lipinski definition) is 4. The fourth-order valence-corrected chi connectivity index (χ4v) is 4.01. The molecule has 4 rings (SSSR count). The highest BCUT2D eigenvalue weighted by Crippen LogP contribution is 2.45. The molecular weight excluding hydrogens is 409 g/mol. The van der Waals surface area contributed by atoms with Crippen LogP contribution in [0.15, 0.2) is 66.2 Å². The van der Waals surface area contributed by atoms with Gasteiger partial charge in [-0.05, 0) is 67.8 Å². The minimum absolute atomic E-state index is 0.118. The standard InChI is InChI=1S/C26H22FNO4/c1-14-5-4-6-17(11-14)23-22(24(30)18-8-9-19(27)16(3)13-18)25(31)26(32)28(23)20-12-15(2)7-10-21(20)29/h4-13,23,29-30H,1-3H3/b24-22-. The summed E-state index contributed by atoms with van der Waals surface area (Å²) in [6, 6.07) is 15.0. The number of rotatable bonds is 3. The Bertz CT molecular complexity index is 1290. The number of anilines is 1. The summed E-state index contributed by atoms with van der Waals surface area (Å²) in [5.41, 5.74) is 2.88. The van der Waals surface area contributed by atoms with Crippen molar-refractivity contribution in [1.29, 1.82) is 0 Å². The molecule has 1 atom stereocenters. The molecule has 1 amide bonds. The van der Waals surface area contributed by atoms with E-state index in [0.29, 0.717) is 11.1 Å². The molecule has 3 aromatic rings. The van der Waals surface area contributed by atoms with Gasteiger partial charge in [-0.15, -0.1) is 0 Å². The van der Waals surface area contributed by atoms with E-state index in [1.165, 1.54) is 29.2 Å². The zero-order valence-corrected chi connectivity index (χ0v) is 17.9. The van der Waals surface area contributed by atoms with E-state index < -0.39 is 29.3 Å². The fraction of sp³-hybridized carbons (Fsp3) is 0.154. The summed E-state index contributed by atoms with van der Waals surface area (Å²) in [6.45, 7) is 5.24. The van der Waals surface area contributed by atoms with Gasteiger partial charge in [-0.3, -0.25) is 14.5 Å². The van der Waals surface area contributed by atoms with Crippen LogP contribution in [0.1, 0.15) is 33.9 Å². The van der Waals surface area contributed by atoms with Crippen LogP contribution in [0.5, 0.6) is 5.75 Å². The van der Waals surface area contributed by atoms with E-state index in [2.05, 4.69) is 0 Å². The third-order valence-corrected chi connectivity index (χ3v) is 5.62. The molecule has 0 radical (unpaired) electrons. The summed E-state index contributed by atoms with van der Waals surface area (Å²) >= 11 is 0. The van der Waals surface area contributed by atoms with E-state index in [0.717, 1.165) is 11.1 Å². The number of amides is 1. The van der Waals surface area contributed by atoms with Gasteiger partial charge in [-0.1, -0.05) is 35.9 Å². The number of carbonyl (C=O) groups is 2. The normalized spacial score (nSPS) is 17.8. The minimum atomic E-state index is -0.965. The van der Waals surface area contributed by atoms with Crippen LogP contribution in [0, 0.1) is 26.6 Å². The molecule has 32 heavy (non-hydrogen) atoms. The first-order valence-electron chi connectivity index (χ1n) is 10.1. The average Bonchev–Trinajstić information content (AvgIpc) is 3.02. The molecular formula is C26H22FNO4. The Labute approximate surface area is 185 Å². The number of phenols is 1. The Morgan fingerprint density at radius 2 is 1.66 bits per heavy atom. The topological polar surface area (TPSA) is 77.8 Å². The zero-order chi connectivity index (χ0) is 23.2. The number of Topliss-reactive ketones (excluding diaryl/α,β-unsaturated/α-hetero) is 1. The first-order valence-corrected chi connectivity index (χ1v) is 10.1. The molecule has 0 saturated carbocycles. The number of nitrogens with zero attached hydrogens (tertiary/aromatic N) is 1. The van der Waals surface area contributed by atoms with Gasteiger partial charge >= 0.3 is 0 Å². The van der Waals surface area contributed by atoms with Crippen molar-refractivity contribution in [2.75, 3.05) is 4.90 Å². The van der Waals surface area contributed by atoms with Crippen molar-refractivity contribution in [2.45, 2.75) is 26.8 Å². The number of aliphatic hydroxyl groups excluding tert-OH is 1. The maximum absolute atomic E-state index is 13.8. The van der Waals surface area contributed by atoms with Gasteiger partial charge in [0.25, 0.3) is 11.7 Å². The van der Waals surface area contributed by atoms with Gasteiger partial charge in [0.15, 0.2) is 0 Å². The van der Waals surface area contributed by atoms with E-state index in [4.69, 9.17) is 0 Å². The van der Waals surface area contributed by atoms with Crippen LogP contribution in [-0.4, -0.2) is 21.9 Å². The van der Waals surface area contributed by atoms with Crippen molar-refractivity contribution < 1.29 is 24.2 Å². The third kappa shape index (κ3) is 3.54. The molecule has 1 unspecified atom stereocenters. The SMILES string of the molecule is Cc1cccc(C2/C(=C(/O)c3ccc(F)c(C)c3)C(=O)C(=O)N2c2cc(C)ccc2O)c1. The summed E-state index contributed by atoms with van der Waals surface area (Å²) in [6.07, 6.45) is 0. The van der Waals surface area contributed by atoms with Crippen LogP contribution in [0.4, 0.5) is 10.1 Å². The van der Waals surface area contributed by atoms with E-state index >= 15 is 0 Å². The molecule has 3 aromatic carbocycles. The van der Waals surface area contributed by atoms with Crippen LogP contribution in [0.2, 0.25) is 0 Å². The highest BCUT2D eigenvalue weighted by atomic mass is 19.1. The van der Waals surface area contributed by atoms with Gasteiger partial charge in [0.05, 0.1) is 17.3 Å². The molecule has 0 spiro atoms. The smallest absolute Gasteiger partial charge is 0.300 e. The molecule has 0 bridgehead atoms. The first-order chi connectivity index (χ1) is 15.2. The molecule has 0 aromatic heterocycles. The maximum atomic E-state index is 13.8. The second-order valence-corrected chi connectivity index (χ2v) is 8.04. The molecule has 2 N–H and O–H groups in total. The summed E-state index contributed by atoms with van der Waals surface area (Å²) in [4.78, 5) is 27.5. The Balaban J connectivity index is 2.00. The van der Waals surface area contributed by atoms with Crippen LogP contribution in [0.3, 0.4) is 0 Å². The summed E-state index contributed by atoms with van der Waals surface area (Å²) in [5.74, 6) is -2.74. The second kappa shape index (κ2) is 7.96. The van der Waals surface area contributed by atoms with Crippen LogP contribution >= 0.6 is 0 Å². The largest absolute Gasteiger partial charge is 0.507 e. The number of halogens is 1.